The number of aromatic nitrogens is 1. The molecule has 0 bridgehead atoms. The van der Waals surface area contributed by atoms with E-state index in [1.807, 2.05) is 31.3 Å². The monoisotopic (exact) mass is 178 g/mol. The highest BCUT2D eigenvalue weighted by atomic mass is 35.5. The average Bonchev–Trinajstić information content (AvgIpc) is 2.47. The molecule has 0 aliphatic rings. The van der Waals surface area contributed by atoms with Crippen LogP contribution in [-0.2, 0) is 0 Å². The largest absolute Gasteiger partial charge is 0.361 e. The summed E-state index contributed by atoms with van der Waals surface area (Å²) < 4.78 is 0. The molecule has 0 aliphatic heterocycles. The van der Waals surface area contributed by atoms with Crippen LogP contribution in [0.4, 0.5) is 0 Å². The van der Waals surface area contributed by atoms with E-state index < -0.39 is 0 Å². The zero-order valence-corrected chi connectivity index (χ0v) is 7.52. The van der Waals surface area contributed by atoms with Gasteiger partial charge >= 0.3 is 0 Å². The summed E-state index contributed by atoms with van der Waals surface area (Å²) in [7, 11) is 0. The van der Waals surface area contributed by atoms with Crippen LogP contribution in [-0.4, -0.2) is 4.98 Å². The van der Waals surface area contributed by atoms with E-state index in [4.69, 9.17) is 11.6 Å². The number of halogens is 1. The van der Waals surface area contributed by atoms with E-state index in [0.717, 1.165) is 16.5 Å². The molecular weight excluding hydrogens is 170 g/mol. The third-order valence-electron chi connectivity index (χ3n) is 1.96. The van der Waals surface area contributed by atoms with Gasteiger partial charge in [0.15, 0.2) is 0 Å². The lowest BCUT2D eigenvalue weighted by Gasteiger charge is -1.97. The Balaban J connectivity index is 2.70. The second-order valence-electron chi connectivity index (χ2n) is 2.78. The first-order chi connectivity index (χ1) is 5.79. The Labute approximate surface area is 76.4 Å². The molecule has 0 amide bonds. The maximum Gasteiger partial charge on any atom is 0.0917 e. The fourth-order valence-electron chi connectivity index (χ4n) is 1.36. The van der Waals surface area contributed by atoms with Gasteiger partial charge in [0.1, 0.15) is 0 Å². The predicted molar refractivity (Wildman–Crippen MR) is 52.2 cm³/mol. The topological polar surface area (TPSA) is 15.8 Å². The van der Waals surface area contributed by atoms with Gasteiger partial charge in [-0.25, -0.2) is 0 Å². The smallest absolute Gasteiger partial charge is 0.0917 e. The summed E-state index contributed by atoms with van der Waals surface area (Å²) in [4.78, 5) is 3.16. The van der Waals surface area contributed by atoms with Crippen LogP contribution in [0.1, 0.15) is 12.5 Å². The fourth-order valence-corrected chi connectivity index (χ4v) is 1.51. The molecule has 0 saturated heterocycles. The number of rotatable bonds is 1. The van der Waals surface area contributed by atoms with Crippen LogP contribution in [0, 0.1) is 5.38 Å². The third-order valence-corrected chi connectivity index (χ3v) is 2.16. The Kier molecular flexibility index (Phi) is 1.81. The molecule has 0 spiro atoms. The Hall–Kier alpha value is -0.950. The van der Waals surface area contributed by atoms with E-state index in [9.17, 15) is 0 Å². The molecule has 2 rings (SSSR count). The van der Waals surface area contributed by atoms with E-state index >= 15 is 0 Å². The van der Waals surface area contributed by atoms with Crippen molar-refractivity contribution in [1.82, 2.24) is 4.98 Å². The van der Waals surface area contributed by atoms with E-state index in [1.54, 1.807) is 0 Å². The van der Waals surface area contributed by atoms with Crippen LogP contribution in [0.15, 0.2) is 30.5 Å². The van der Waals surface area contributed by atoms with E-state index in [-0.39, 0.29) is 0 Å². The highest BCUT2D eigenvalue weighted by molar-refractivity contribution is 6.29. The molecule has 1 aromatic heterocycles. The molecule has 1 nitrogen and oxygen atoms in total. The minimum absolute atomic E-state index is 0.826. The minimum atomic E-state index is 0.826. The summed E-state index contributed by atoms with van der Waals surface area (Å²) in [5, 5.41) is 2.01. The van der Waals surface area contributed by atoms with Gasteiger partial charge in [-0.1, -0.05) is 18.2 Å². The number of benzene rings is 1. The highest BCUT2D eigenvalue weighted by Crippen LogP contribution is 2.26. The second kappa shape index (κ2) is 2.83. The molecule has 1 aromatic carbocycles. The van der Waals surface area contributed by atoms with Crippen molar-refractivity contribution >= 4 is 22.5 Å². The minimum Gasteiger partial charge on any atom is -0.361 e. The van der Waals surface area contributed by atoms with Gasteiger partial charge in [-0.3, -0.25) is 0 Å². The molecule has 0 saturated carbocycles. The van der Waals surface area contributed by atoms with Gasteiger partial charge in [0, 0.05) is 22.7 Å². The maximum atomic E-state index is 5.92. The van der Waals surface area contributed by atoms with Crippen LogP contribution in [0.3, 0.4) is 0 Å². The Morgan fingerprint density at radius 1 is 1.33 bits per heavy atom. The normalized spacial score (nSPS) is 11.2. The van der Waals surface area contributed by atoms with Gasteiger partial charge in [0.25, 0.3) is 0 Å². The highest BCUT2D eigenvalue weighted by Gasteiger charge is 2.07. The lowest BCUT2D eigenvalue weighted by atomic mass is 10.1. The zero-order valence-electron chi connectivity index (χ0n) is 6.76. The molecule has 1 heterocycles. The summed E-state index contributed by atoms with van der Waals surface area (Å²) in [5.74, 6) is 0. The molecule has 0 atom stereocenters. The van der Waals surface area contributed by atoms with Crippen LogP contribution in [0.25, 0.3) is 10.9 Å². The molecule has 1 N–H and O–H groups in total. The summed E-state index contributed by atoms with van der Waals surface area (Å²) in [6.45, 7) is 1.90. The first-order valence-corrected chi connectivity index (χ1v) is 4.22. The molecular formula is C10H9ClN. The maximum absolute atomic E-state index is 5.92. The summed E-state index contributed by atoms with van der Waals surface area (Å²) in [5.41, 5.74) is 2.22. The van der Waals surface area contributed by atoms with Crippen molar-refractivity contribution in [3.63, 3.8) is 0 Å². The predicted octanol–water partition coefficient (Wildman–Crippen LogP) is 3.31. The van der Waals surface area contributed by atoms with E-state index in [1.165, 1.54) is 5.39 Å². The van der Waals surface area contributed by atoms with Gasteiger partial charge < -0.3 is 4.98 Å². The van der Waals surface area contributed by atoms with Crippen LogP contribution < -0.4 is 0 Å². The molecule has 0 unspecified atom stereocenters. The first kappa shape index (κ1) is 7.69. The number of para-hydroxylation sites is 1. The van der Waals surface area contributed by atoms with Crippen LogP contribution >= 0.6 is 11.6 Å². The van der Waals surface area contributed by atoms with Crippen LogP contribution in [0.2, 0.25) is 0 Å². The number of aromatic amines is 1. The molecule has 1 radical (unpaired) electrons. The first-order valence-electron chi connectivity index (χ1n) is 3.84. The fraction of sp³-hybridized carbons (Fsp3) is 0.100. The third kappa shape index (κ3) is 1.10. The van der Waals surface area contributed by atoms with E-state index in [0.29, 0.717) is 0 Å². The molecule has 0 aliphatic carbocycles. The lowest BCUT2D eigenvalue weighted by molar-refractivity contribution is 1.36. The SMILES string of the molecule is C[C](Cl)c1c[nH]c2ccccc12. The molecule has 61 valence electrons. The van der Waals surface area contributed by atoms with Gasteiger partial charge in [-0.15, -0.1) is 11.6 Å². The lowest BCUT2D eigenvalue weighted by Crippen LogP contribution is -1.80. The number of hydrogen-bond donors (Lipinski definition) is 1. The van der Waals surface area contributed by atoms with Gasteiger partial charge in [-0.05, 0) is 13.0 Å². The number of hydrogen-bond acceptors (Lipinski definition) is 0. The Morgan fingerprint density at radius 2 is 2.08 bits per heavy atom. The standard InChI is InChI=1S/C10H9ClN/c1-7(11)9-6-12-10-5-3-2-4-8(9)10/h2-6,12H,1H3. The zero-order chi connectivity index (χ0) is 8.55. The summed E-state index contributed by atoms with van der Waals surface area (Å²) in [6.07, 6.45) is 1.94. The molecule has 12 heavy (non-hydrogen) atoms. The van der Waals surface area contributed by atoms with Crippen LogP contribution in [0.5, 0.6) is 0 Å². The van der Waals surface area contributed by atoms with Gasteiger partial charge in [0.2, 0.25) is 0 Å². The summed E-state index contributed by atoms with van der Waals surface area (Å²) >= 11 is 5.92. The van der Waals surface area contributed by atoms with Crippen molar-refractivity contribution in [3.8, 4) is 0 Å². The molecule has 2 aromatic rings. The van der Waals surface area contributed by atoms with Gasteiger partial charge in [-0.2, -0.15) is 0 Å². The number of nitrogens with one attached hydrogen (secondary N) is 1. The van der Waals surface area contributed by atoms with Crippen molar-refractivity contribution < 1.29 is 0 Å². The van der Waals surface area contributed by atoms with Crippen molar-refractivity contribution in [1.29, 1.82) is 0 Å². The van der Waals surface area contributed by atoms with Gasteiger partial charge in [0.05, 0.1) is 5.38 Å². The molecule has 2 heteroatoms. The quantitative estimate of drug-likeness (QED) is 0.690. The van der Waals surface area contributed by atoms with E-state index in [2.05, 4.69) is 11.1 Å². The second-order valence-corrected chi connectivity index (χ2v) is 3.35. The molecule has 0 fully saturated rings. The van der Waals surface area contributed by atoms with Crippen molar-refractivity contribution in [2.75, 3.05) is 0 Å². The van der Waals surface area contributed by atoms with Crippen molar-refractivity contribution in [2.24, 2.45) is 0 Å². The number of fused-ring (bicyclic) bond motifs is 1. The Bertz CT molecular complexity index is 389. The average molecular weight is 179 g/mol. The van der Waals surface area contributed by atoms with Crippen molar-refractivity contribution in [3.05, 3.63) is 41.4 Å². The van der Waals surface area contributed by atoms with Crippen molar-refractivity contribution in [2.45, 2.75) is 6.92 Å². The summed E-state index contributed by atoms with van der Waals surface area (Å²) in [6, 6.07) is 8.12. The Morgan fingerprint density at radius 3 is 2.83 bits per heavy atom. The number of H-pyrrole nitrogens is 1.